The molecule has 0 spiro atoms. The second-order valence-electron chi connectivity index (χ2n) is 4.20. The third-order valence-electron chi connectivity index (χ3n) is 2.71. The van der Waals surface area contributed by atoms with Crippen molar-refractivity contribution >= 4 is 27.6 Å². The van der Waals surface area contributed by atoms with Gasteiger partial charge >= 0.3 is 0 Å². The molecule has 0 aliphatic rings. The van der Waals surface area contributed by atoms with Gasteiger partial charge in [0.1, 0.15) is 16.6 Å². The van der Waals surface area contributed by atoms with E-state index in [4.69, 9.17) is 5.84 Å². The van der Waals surface area contributed by atoms with E-state index in [1.54, 1.807) is 0 Å². The minimum atomic E-state index is 0.563. The molecule has 1 aromatic carbocycles. The second kappa shape index (κ2) is 6.49. The molecule has 4 N–H and O–H groups in total. The number of hydrogen-bond donors (Lipinski definition) is 3. The number of nitrogens with one attached hydrogen (secondary N) is 2. The zero-order chi connectivity index (χ0) is 13.7. The van der Waals surface area contributed by atoms with E-state index >= 15 is 0 Å². The Bertz CT molecular complexity index is 558. The number of hydrazine groups is 1. The topological polar surface area (TPSA) is 75.9 Å². The van der Waals surface area contributed by atoms with Crippen molar-refractivity contribution in [3.05, 3.63) is 46.2 Å². The van der Waals surface area contributed by atoms with Gasteiger partial charge in [0, 0.05) is 6.54 Å². The number of benzene rings is 1. The van der Waals surface area contributed by atoms with Crippen LogP contribution >= 0.6 is 15.9 Å². The summed E-state index contributed by atoms with van der Waals surface area (Å²) in [5.74, 6) is 6.65. The van der Waals surface area contributed by atoms with Gasteiger partial charge in [-0.2, -0.15) is 0 Å². The lowest BCUT2D eigenvalue weighted by atomic mass is 10.1. The summed E-state index contributed by atoms with van der Waals surface area (Å²) in [5, 5.41) is 3.26. The standard InChI is InChI=1S/C13H16BrN5/c1-9-3-2-4-10(7-9)5-6-16-12-11(14)13(19-15)18-8-17-12/h2-4,7-8H,5-6,15H2,1H3,(H2,16,17,18,19). The minimum Gasteiger partial charge on any atom is -0.369 e. The molecular formula is C13H16BrN5. The molecule has 2 aromatic rings. The maximum atomic E-state index is 5.36. The summed E-state index contributed by atoms with van der Waals surface area (Å²) in [6.45, 7) is 2.89. The Morgan fingerprint density at radius 2 is 2.05 bits per heavy atom. The average Bonchev–Trinajstić information content (AvgIpc) is 2.41. The van der Waals surface area contributed by atoms with Crippen molar-refractivity contribution in [1.29, 1.82) is 0 Å². The lowest BCUT2D eigenvalue weighted by Crippen LogP contribution is -2.12. The molecule has 0 aliphatic carbocycles. The molecule has 6 heteroatoms. The Labute approximate surface area is 120 Å². The molecule has 5 nitrogen and oxygen atoms in total. The molecule has 0 aliphatic heterocycles. The van der Waals surface area contributed by atoms with Gasteiger partial charge in [0.25, 0.3) is 0 Å². The first kappa shape index (κ1) is 13.8. The molecule has 19 heavy (non-hydrogen) atoms. The van der Waals surface area contributed by atoms with Crippen LogP contribution in [-0.4, -0.2) is 16.5 Å². The lowest BCUT2D eigenvalue weighted by Gasteiger charge is -2.10. The van der Waals surface area contributed by atoms with E-state index in [1.165, 1.54) is 17.5 Å². The van der Waals surface area contributed by atoms with Crippen LogP contribution in [-0.2, 0) is 6.42 Å². The molecule has 0 saturated carbocycles. The van der Waals surface area contributed by atoms with Crippen LogP contribution in [0.3, 0.4) is 0 Å². The van der Waals surface area contributed by atoms with Crippen LogP contribution in [0.4, 0.5) is 11.6 Å². The summed E-state index contributed by atoms with van der Waals surface area (Å²) in [4.78, 5) is 8.17. The fraction of sp³-hybridized carbons (Fsp3) is 0.231. The van der Waals surface area contributed by atoms with Crippen LogP contribution in [0.2, 0.25) is 0 Å². The Morgan fingerprint density at radius 3 is 2.79 bits per heavy atom. The summed E-state index contributed by atoms with van der Waals surface area (Å²) in [6, 6.07) is 8.47. The third kappa shape index (κ3) is 3.65. The Morgan fingerprint density at radius 1 is 1.26 bits per heavy atom. The number of nitrogen functional groups attached to an aromatic ring is 1. The molecule has 2 rings (SSSR count). The zero-order valence-electron chi connectivity index (χ0n) is 10.7. The Hall–Kier alpha value is -1.66. The highest BCUT2D eigenvalue weighted by atomic mass is 79.9. The van der Waals surface area contributed by atoms with Gasteiger partial charge in [0.05, 0.1) is 0 Å². The number of aromatic nitrogens is 2. The summed E-state index contributed by atoms with van der Waals surface area (Å²) in [5.41, 5.74) is 5.09. The smallest absolute Gasteiger partial charge is 0.159 e. The fourth-order valence-electron chi connectivity index (χ4n) is 1.79. The molecule has 0 amide bonds. The molecular weight excluding hydrogens is 306 g/mol. The zero-order valence-corrected chi connectivity index (χ0v) is 12.2. The highest BCUT2D eigenvalue weighted by Gasteiger charge is 2.06. The minimum absolute atomic E-state index is 0.563. The summed E-state index contributed by atoms with van der Waals surface area (Å²) in [7, 11) is 0. The average molecular weight is 322 g/mol. The summed E-state index contributed by atoms with van der Waals surface area (Å²) in [6.07, 6.45) is 2.40. The molecule has 1 aromatic heterocycles. The first-order valence-corrected chi connectivity index (χ1v) is 6.76. The first-order chi connectivity index (χ1) is 9.20. The molecule has 0 fully saturated rings. The van der Waals surface area contributed by atoms with Crippen LogP contribution in [0.15, 0.2) is 35.1 Å². The Balaban J connectivity index is 1.96. The number of rotatable bonds is 5. The SMILES string of the molecule is Cc1cccc(CCNc2ncnc(NN)c2Br)c1. The fourth-order valence-corrected chi connectivity index (χ4v) is 2.25. The molecule has 0 unspecified atom stereocenters. The lowest BCUT2D eigenvalue weighted by molar-refractivity contribution is 0.992. The molecule has 0 bridgehead atoms. The number of nitrogens with zero attached hydrogens (tertiary/aromatic N) is 2. The van der Waals surface area contributed by atoms with E-state index in [1.807, 2.05) is 0 Å². The number of hydrogen-bond acceptors (Lipinski definition) is 5. The van der Waals surface area contributed by atoms with Gasteiger partial charge in [-0.25, -0.2) is 15.8 Å². The van der Waals surface area contributed by atoms with Gasteiger partial charge in [0.2, 0.25) is 0 Å². The quantitative estimate of drug-likeness (QED) is 0.582. The van der Waals surface area contributed by atoms with Crippen LogP contribution in [0, 0.1) is 6.92 Å². The monoisotopic (exact) mass is 321 g/mol. The van der Waals surface area contributed by atoms with Crippen molar-refractivity contribution in [3.8, 4) is 0 Å². The molecule has 0 radical (unpaired) electrons. The van der Waals surface area contributed by atoms with Crippen LogP contribution < -0.4 is 16.6 Å². The summed E-state index contributed by atoms with van der Waals surface area (Å²) >= 11 is 3.41. The Kier molecular flexibility index (Phi) is 4.70. The van der Waals surface area contributed by atoms with Crippen LogP contribution in [0.25, 0.3) is 0 Å². The predicted molar refractivity (Wildman–Crippen MR) is 80.9 cm³/mol. The highest BCUT2D eigenvalue weighted by Crippen LogP contribution is 2.25. The largest absolute Gasteiger partial charge is 0.369 e. The van der Waals surface area contributed by atoms with Crippen molar-refractivity contribution in [2.45, 2.75) is 13.3 Å². The van der Waals surface area contributed by atoms with Crippen molar-refractivity contribution in [3.63, 3.8) is 0 Å². The maximum Gasteiger partial charge on any atom is 0.159 e. The first-order valence-electron chi connectivity index (χ1n) is 5.97. The summed E-state index contributed by atoms with van der Waals surface area (Å²) < 4.78 is 0.738. The van der Waals surface area contributed by atoms with E-state index < -0.39 is 0 Å². The van der Waals surface area contributed by atoms with Crippen LogP contribution in [0.5, 0.6) is 0 Å². The van der Waals surface area contributed by atoms with Gasteiger partial charge in [-0.3, -0.25) is 0 Å². The maximum absolute atomic E-state index is 5.36. The van der Waals surface area contributed by atoms with E-state index in [-0.39, 0.29) is 0 Å². The molecule has 1 heterocycles. The number of aryl methyl sites for hydroxylation is 1. The van der Waals surface area contributed by atoms with E-state index in [2.05, 4.69) is 67.8 Å². The highest BCUT2D eigenvalue weighted by molar-refractivity contribution is 9.10. The normalized spacial score (nSPS) is 10.3. The molecule has 0 atom stereocenters. The van der Waals surface area contributed by atoms with Crippen LogP contribution in [0.1, 0.15) is 11.1 Å². The van der Waals surface area contributed by atoms with Gasteiger partial charge < -0.3 is 10.7 Å². The van der Waals surface area contributed by atoms with Crippen molar-refractivity contribution < 1.29 is 0 Å². The van der Waals surface area contributed by atoms with Gasteiger partial charge in [-0.05, 0) is 34.8 Å². The van der Waals surface area contributed by atoms with Gasteiger partial charge in [0.15, 0.2) is 5.82 Å². The molecule has 100 valence electrons. The predicted octanol–water partition coefficient (Wildman–Crippen LogP) is 2.49. The van der Waals surface area contributed by atoms with Gasteiger partial charge in [-0.1, -0.05) is 29.8 Å². The van der Waals surface area contributed by atoms with Gasteiger partial charge in [-0.15, -0.1) is 0 Å². The number of nitrogens with two attached hydrogens (primary N) is 1. The number of anilines is 2. The van der Waals surface area contributed by atoms with Crippen molar-refractivity contribution in [2.24, 2.45) is 5.84 Å². The number of halogens is 1. The third-order valence-corrected chi connectivity index (χ3v) is 3.47. The molecule has 0 saturated heterocycles. The second-order valence-corrected chi connectivity index (χ2v) is 4.99. The van der Waals surface area contributed by atoms with Crippen molar-refractivity contribution in [1.82, 2.24) is 9.97 Å². The van der Waals surface area contributed by atoms with E-state index in [9.17, 15) is 0 Å². The van der Waals surface area contributed by atoms with Crippen molar-refractivity contribution in [2.75, 3.05) is 17.3 Å². The van der Waals surface area contributed by atoms with E-state index in [0.717, 1.165) is 23.3 Å². The van der Waals surface area contributed by atoms with E-state index in [0.29, 0.717) is 5.82 Å².